The van der Waals surface area contributed by atoms with E-state index in [1.165, 1.54) is 12.0 Å². The second-order valence-electron chi connectivity index (χ2n) is 6.11. The second-order valence-corrected chi connectivity index (χ2v) is 6.11. The lowest BCUT2D eigenvalue weighted by Gasteiger charge is -2.21. The lowest BCUT2D eigenvalue weighted by atomic mass is 10.1. The summed E-state index contributed by atoms with van der Waals surface area (Å²) in [5.74, 6) is -0.741. The Kier molecular flexibility index (Phi) is 5.83. The molecule has 7 heteroatoms. The summed E-state index contributed by atoms with van der Waals surface area (Å²) >= 11 is 0. The zero-order valence-electron chi connectivity index (χ0n) is 15.0. The Hall–Kier alpha value is -3.19. The van der Waals surface area contributed by atoms with E-state index in [-0.39, 0.29) is 25.5 Å². The first-order valence-electron chi connectivity index (χ1n) is 8.65. The van der Waals surface area contributed by atoms with Crippen LogP contribution in [0.4, 0.5) is 16.2 Å². The maximum absolute atomic E-state index is 12.9. The lowest BCUT2D eigenvalue weighted by Crippen LogP contribution is -2.39. The molecule has 0 bridgehead atoms. The number of nitrogens with zero attached hydrogens (tertiary/aromatic N) is 2. The number of nitrogens with one attached hydrogen (secondary N) is 1. The minimum Gasteiger partial charge on any atom is -0.383 e. The van der Waals surface area contributed by atoms with E-state index in [4.69, 9.17) is 4.74 Å². The van der Waals surface area contributed by atoms with E-state index in [1.54, 1.807) is 36.4 Å². The minimum atomic E-state index is -0.864. The number of hydrogen-bond donors (Lipinski definition) is 1. The molecule has 7 nitrogen and oxygen atoms in total. The van der Waals surface area contributed by atoms with Crippen LogP contribution in [-0.4, -0.2) is 49.0 Å². The highest BCUT2D eigenvalue weighted by atomic mass is 16.5. The van der Waals surface area contributed by atoms with Crippen LogP contribution in [0.25, 0.3) is 0 Å². The van der Waals surface area contributed by atoms with Crippen LogP contribution in [0.1, 0.15) is 6.42 Å². The molecule has 1 aliphatic rings. The molecule has 0 unspecified atom stereocenters. The van der Waals surface area contributed by atoms with Crippen molar-refractivity contribution in [2.75, 3.05) is 30.5 Å². The molecule has 27 heavy (non-hydrogen) atoms. The SMILES string of the molecule is COCCN1C(=O)N(c2ccccc2)C(=O)[C@@H]1CC(=O)Nc1ccccc1. The monoisotopic (exact) mass is 367 g/mol. The first kappa shape index (κ1) is 18.6. The fourth-order valence-electron chi connectivity index (χ4n) is 3.00. The van der Waals surface area contributed by atoms with Crippen molar-refractivity contribution in [2.24, 2.45) is 0 Å². The number of carbonyl (C=O) groups excluding carboxylic acids is 3. The summed E-state index contributed by atoms with van der Waals surface area (Å²) in [4.78, 5) is 40.7. The average Bonchev–Trinajstić information content (AvgIpc) is 2.91. The van der Waals surface area contributed by atoms with Crippen LogP contribution in [0, 0.1) is 0 Å². The summed E-state index contributed by atoms with van der Waals surface area (Å²) in [6, 6.07) is 16.4. The van der Waals surface area contributed by atoms with E-state index in [2.05, 4.69) is 5.32 Å². The lowest BCUT2D eigenvalue weighted by molar-refractivity contribution is -0.124. The van der Waals surface area contributed by atoms with Crippen LogP contribution >= 0.6 is 0 Å². The van der Waals surface area contributed by atoms with E-state index in [9.17, 15) is 14.4 Å². The van der Waals surface area contributed by atoms with E-state index >= 15 is 0 Å². The smallest absolute Gasteiger partial charge is 0.332 e. The predicted molar refractivity (Wildman–Crippen MR) is 101 cm³/mol. The summed E-state index contributed by atoms with van der Waals surface area (Å²) in [7, 11) is 1.52. The molecule has 140 valence electrons. The number of urea groups is 1. The van der Waals surface area contributed by atoms with Crippen molar-refractivity contribution in [2.45, 2.75) is 12.5 Å². The number of methoxy groups -OCH3 is 1. The van der Waals surface area contributed by atoms with Crippen LogP contribution in [0.5, 0.6) is 0 Å². The Morgan fingerprint density at radius 1 is 1.04 bits per heavy atom. The van der Waals surface area contributed by atoms with Gasteiger partial charge in [-0.1, -0.05) is 36.4 Å². The molecule has 0 spiro atoms. The number of para-hydroxylation sites is 2. The topological polar surface area (TPSA) is 79.0 Å². The highest BCUT2D eigenvalue weighted by molar-refractivity contribution is 6.22. The molecule has 1 aliphatic heterocycles. The fourth-order valence-corrected chi connectivity index (χ4v) is 3.00. The van der Waals surface area contributed by atoms with Crippen molar-refractivity contribution < 1.29 is 19.1 Å². The Labute approximate surface area is 157 Å². The van der Waals surface area contributed by atoms with Gasteiger partial charge in [-0.3, -0.25) is 9.59 Å². The Balaban J connectivity index is 1.79. The molecular weight excluding hydrogens is 346 g/mol. The van der Waals surface area contributed by atoms with Gasteiger partial charge in [0.15, 0.2) is 0 Å². The third-order valence-corrected chi connectivity index (χ3v) is 4.31. The van der Waals surface area contributed by atoms with Crippen molar-refractivity contribution in [3.05, 3.63) is 60.7 Å². The van der Waals surface area contributed by atoms with Crippen molar-refractivity contribution in [3.8, 4) is 0 Å². The molecule has 4 amide bonds. The summed E-state index contributed by atoms with van der Waals surface area (Å²) in [5.41, 5.74) is 1.13. The van der Waals surface area contributed by atoms with E-state index in [0.717, 1.165) is 4.90 Å². The van der Waals surface area contributed by atoms with E-state index in [1.807, 2.05) is 24.3 Å². The number of benzene rings is 2. The molecular formula is C20H21N3O4. The average molecular weight is 367 g/mol. The summed E-state index contributed by atoms with van der Waals surface area (Å²) in [6.45, 7) is 0.506. The number of hydrogen-bond acceptors (Lipinski definition) is 4. The summed E-state index contributed by atoms with van der Waals surface area (Å²) in [5, 5.41) is 2.76. The van der Waals surface area contributed by atoms with Gasteiger partial charge in [0.05, 0.1) is 18.7 Å². The molecule has 1 heterocycles. The van der Waals surface area contributed by atoms with Gasteiger partial charge in [0, 0.05) is 19.3 Å². The number of carbonyl (C=O) groups is 3. The van der Waals surface area contributed by atoms with Crippen LogP contribution < -0.4 is 10.2 Å². The number of anilines is 2. The van der Waals surface area contributed by atoms with Gasteiger partial charge in [0.2, 0.25) is 5.91 Å². The third kappa shape index (κ3) is 4.15. The Morgan fingerprint density at radius 3 is 2.30 bits per heavy atom. The van der Waals surface area contributed by atoms with Crippen molar-refractivity contribution >= 4 is 29.2 Å². The van der Waals surface area contributed by atoms with Crippen LogP contribution in [0.15, 0.2) is 60.7 Å². The Bertz CT molecular complexity index is 810. The molecule has 0 saturated carbocycles. The maximum atomic E-state index is 12.9. The van der Waals surface area contributed by atoms with Gasteiger partial charge >= 0.3 is 6.03 Å². The molecule has 1 atom stereocenters. The molecule has 1 N–H and O–H groups in total. The van der Waals surface area contributed by atoms with Crippen LogP contribution in [0.3, 0.4) is 0 Å². The number of amides is 4. The number of rotatable bonds is 7. The summed E-state index contributed by atoms with van der Waals surface area (Å²) in [6.07, 6.45) is -0.119. The second kappa shape index (κ2) is 8.46. The van der Waals surface area contributed by atoms with Crippen molar-refractivity contribution in [1.29, 1.82) is 0 Å². The quantitative estimate of drug-likeness (QED) is 0.763. The normalized spacial score (nSPS) is 16.7. The molecule has 3 rings (SSSR count). The maximum Gasteiger partial charge on any atom is 0.332 e. The van der Waals surface area contributed by atoms with Crippen molar-refractivity contribution in [3.63, 3.8) is 0 Å². The van der Waals surface area contributed by atoms with Crippen molar-refractivity contribution in [1.82, 2.24) is 4.90 Å². The highest BCUT2D eigenvalue weighted by Crippen LogP contribution is 2.26. The molecule has 1 saturated heterocycles. The van der Waals surface area contributed by atoms with Gasteiger partial charge in [0.25, 0.3) is 5.91 Å². The van der Waals surface area contributed by atoms with Gasteiger partial charge in [-0.05, 0) is 24.3 Å². The number of imide groups is 1. The largest absolute Gasteiger partial charge is 0.383 e. The first-order chi connectivity index (χ1) is 13.1. The summed E-state index contributed by atoms with van der Waals surface area (Å²) < 4.78 is 5.05. The Morgan fingerprint density at radius 2 is 1.67 bits per heavy atom. The van der Waals surface area contributed by atoms with E-state index in [0.29, 0.717) is 11.4 Å². The van der Waals surface area contributed by atoms with Crippen LogP contribution in [0.2, 0.25) is 0 Å². The molecule has 2 aromatic rings. The number of ether oxygens (including phenoxy) is 1. The van der Waals surface area contributed by atoms with Gasteiger partial charge in [0.1, 0.15) is 6.04 Å². The highest BCUT2D eigenvalue weighted by Gasteiger charge is 2.46. The minimum absolute atomic E-state index is 0.119. The first-order valence-corrected chi connectivity index (χ1v) is 8.65. The van der Waals surface area contributed by atoms with Gasteiger partial charge in [-0.25, -0.2) is 9.69 Å². The van der Waals surface area contributed by atoms with Gasteiger partial charge in [-0.2, -0.15) is 0 Å². The zero-order valence-corrected chi connectivity index (χ0v) is 15.0. The third-order valence-electron chi connectivity index (χ3n) is 4.31. The standard InChI is InChI=1S/C20H21N3O4/c1-27-13-12-22-17(14-18(24)21-15-8-4-2-5-9-15)19(25)23(20(22)26)16-10-6-3-7-11-16/h2-11,17H,12-14H2,1H3,(H,21,24)/t17-/m0/s1. The predicted octanol–water partition coefficient (Wildman–Crippen LogP) is 2.50. The molecule has 0 aromatic heterocycles. The molecule has 2 aromatic carbocycles. The van der Waals surface area contributed by atoms with Crippen LogP contribution in [-0.2, 0) is 14.3 Å². The van der Waals surface area contributed by atoms with Gasteiger partial charge < -0.3 is 15.0 Å². The van der Waals surface area contributed by atoms with E-state index < -0.39 is 18.0 Å². The molecule has 0 aliphatic carbocycles. The molecule has 1 fully saturated rings. The molecule has 0 radical (unpaired) electrons. The van der Waals surface area contributed by atoms with Gasteiger partial charge in [-0.15, -0.1) is 0 Å². The fraction of sp³-hybridized carbons (Fsp3) is 0.250. The zero-order chi connectivity index (χ0) is 19.2.